The van der Waals surface area contributed by atoms with E-state index in [1.54, 1.807) is 49.4 Å². The van der Waals surface area contributed by atoms with Gasteiger partial charge in [0.2, 0.25) is 21.8 Å². The maximum Gasteiger partial charge on any atom is 0.244 e. The number of nitrogens with one attached hydrogen (secondary N) is 1. The van der Waals surface area contributed by atoms with Crippen molar-refractivity contribution in [2.75, 3.05) is 17.1 Å². The second kappa shape index (κ2) is 11.9. The van der Waals surface area contributed by atoms with Gasteiger partial charge in [-0.25, -0.2) is 8.42 Å². The van der Waals surface area contributed by atoms with Crippen molar-refractivity contribution in [1.82, 2.24) is 10.2 Å². The van der Waals surface area contributed by atoms with Crippen molar-refractivity contribution >= 4 is 50.7 Å². The van der Waals surface area contributed by atoms with Gasteiger partial charge in [-0.3, -0.25) is 13.9 Å². The molecule has 0 spiro atoms. The third-order valence-electron chi connectivity index (χ3n) is 5.51. The van der Waals surface area contributed by atoms with Crippen LogP contribution in [0.4, 0.5) is 5.69 Å². The molecule has 0 fully saturated rings. The molecular weight excluding hydrogens is 497 g/mol. The van der Waals surface area contributed by atoms with Gasteiger partial charge in [-0.05, 0) is 57.0 Å². The highest BCUT2D eigenvalue weighted by molar-refractivity contribution is 7.92. The summed E-state index contributed by atoms with van der Waals surface area (Å²) in [5.74, 6) is -0.854. The van der Waals surface area contributed by atoms with Crippen LogP contribution in [0.3, 0.4) is 0 Å². The van der Waals surface area contributed by atoms with Gasteiger partial charge in [0.1, 0.15) is 12.6 Å². The van der Waals surface area contributed by atoms with Crippen LogP contribution < -0.4 is 9.62 Å². The van der Waals surface area contributed by atoms with Crippen LogP contribution >= 0.6 is 23.2 Å². The Labute approximate surface area is 212 Å². The van der Waals surface area contributed by atoms with Crippen molar-refractivity contribution in [2.45, 2.75) is 52.7 Å². The first-order valence-electron chi connectivity index (χ1n) is 10.9. The molecule has 34 heavy (non-hydrogen) atoms. The summed E-state index contributed by atoms with van der Waals surface area (Å²) in [6.07, 6.45) is 1.77. The second-order valence-electron chi connectivity index (χ2n) is 8.37. The predicted octanol–water partition coefficient (Wildman–Crippen LogP) is 4.40. The van der Waals surface area contributed by atoms with Crippen LogP contribution in [0.2, 0.25) is 10.0 Å². The Balaban J connectivity index is 2.40. The third-order valence-corrected chi connectivity index (χ3v) is 7.39. The molecule has 0 radical (unpaired) electrons. The molecule has 0 aliphatic rings. The van der Waals surface area contributed by atoms with Crippen molar-refractivity contribution in [3.63, 3.8) is 0 Å². The van der Waals surface area contributed by atoms with Gasteiger partial charge >= 0.3 is 0 Å². The van der Waals surface area contributed by atoms with Gasteiger partial charge in [-0.2, -0.15) is 0 Å². The highest BCUT2D eigenvalue weighted by atomic mass is 35.5. The molecule has 2 rings (SSSR count). The van der Waals surface area contributed by atoms with Gasteiger partial charge in [0.25, 0.3) is 0 Å². The standard InChI is InChI=1S/C24H31Cl2N3O4S/c1-6-17(3)27-24(31)18(4)28(14-19-9-12-21(25)22(26)13-19)23(30)15-29(34(5,32)33)20-10-7-16(2)8-11-20/h7-13,17-18H,6,14-15H2,1-5H3,(H,27,31)/t17-,18-/m1/s1. The Morgan fingerprint density at radius 3 is 2.18 bits per heavy atom. The monoisotopic (exact) mass is 527 g/mol. The molecular formula is C24H31Cl2N3O4S. The maximum atomic E-state index is 13.5. The SMILES string of the molecule is CC[C@@H](C)NC(=O)[C@@H](C)N(Cc1ccc(Cl)c(Cl)c1)C(=O)CN(c1ccc(C)cc1)S(C)(=O)=O. The Hall–Kier alpha value is -2.29. The Kier molecular flexibility index (Phi) is 9.79. The number of sulfonamides is 1. The van der Waals surface area contributed by atoms with E-state index in [0.717, 1.165) is 22.5 Å². The lowest BCUT2D eigenvalue weighted by Gasteiger charge is -2.32. The smallest absolute Gasteiger partial charge is 0.244 e. The van der Waals surface area contributed by atoms with Gasteiger partial charge in [0.15, 0.2) is 0 Å². The van der Waals surface area contributed by atoms with E-state index in [9.17, 15) is 18.0 Å². The molecule has 0 unspecified atom stereocenters. The molecule has 0 heterocycles. The average Bonchev–Trinajstić information content (AvgIpc) is 2.77. The molecule has 10 heteroatoms. The third kappa shape index (κ3) is 7.61. The minimum atomic E-state index is -3.77. The Bertz CT molecular complexity index is 1120. The molecule has 0 bridgehead atoms. The van der Waals surface area contributed by atoms with E-state index in [2.05, 4.69) is 5.32 Å². The lowest BCUT2D eigenvalue weighted by atomic mass is 10.1. The minimum absolute atomic E-state index is 0.0519. The highest BCUT2D eigenvalue weighted by Gasteiger charge is 2.30. The lowest BCUT2D eigenvalue weighted by molar-refractivity contribution is -0.139. The zero-order valence-corrected chi connectivity index (χ0v) is 22.3. The van der Waals surface area contributed by atoms with E-state index in [4.69, 9.17) is 23.2 Å². The first-order valence-corrected chi connectivity index (χ1v) is 13.5. The number of anilines is 1. The van der Waals surface area contributed by atoms with E-state index in [1.165, 1.54) is 4.90 Å². The molecule has 2 amide bonds. The van der Waals surface area contributed by atoms with Crippen LogP contribution in [0.5, 0.6) is 0 Å². The molecule has 0 aliphatic heterocycles. The first kappa shape index (κ1) is 28.0. The summed E-state index contributed by atoms with van der Waals surface area (Å²) < 4.78 is 26.1. The largest absolute Gasteiger partial charge is 0.352 e. The number of carbonyl (C=O) groups excluding carboxylic acids is 2. The molecule has 7 nitrogen and oxygen atoms in total. The van der Waals surface area contributed by atoms with Crippen LogP contribution in [0, 0.1) is 6.92 Å². The number of aryl methyl sites for hydroxylation is 1. The van der Waals surface area contributed by atoms with E-state index in [0.29, 0.717) is 21.3 Å². The van der Waals surface area contributed by atoms with Gasteiger partial charge in [-0.15, -0.1) is 0 Å². The number of carbonyl (C=O) groups is 2. The van der Waals surface area contributed by atoms with Crippen LogP contribution in [0.1, 0.15) is 38.3 Å². The second-order valence-corrected chi connectivity index (χ2v) is 11.1. The highest BCUT2D eigenvalue weighted by Crippen LogP contribution is 2.24. The minimum Gasteiger partial charge on any atom is -0.352 e. The van der Waals surface area contributed by atoms with Gasteiger partial charge in [-0.1, -0.05) is 53.9 Å². The van der Waals surface area contributed by atoms with E-state index in [1.807, 2.05) is 20.8 Å². The number of nitrogens with zero attached hydrogens (tertiary/aromatic N) is 2. The van der Waals surface area contributed by atoms with E-state index < -0.39 is 28.5 Å². The Morgan fingerprint density at radius 1 is 1.03 bits per heavy atom. The molecule has 1 N–H and O–H groups in total. The molecule has 2 aromatic rings. The number of amides is 2. The van der Waals surface area contributed by atoms with Crippen LogP contribution in [0.25, 0.3) is 0 Å². The summed E-state index contributed by atoms with van der Waals surface area (Å²) in [4.78, 5) is 27.7. The zero-order chi connectivity index (χ0) is 25.6. The van der Waals surface area contributed by atoms with Crippen molar-refractivity contribution in [2.24, 2.45) is 0 Å². The molecule has 0 saturated heterocycles. The number of hydrogen-bond acceptors (Lipinski definition) is 4. The van der Waals surface area contributed by atoms with Crippen molar-refractivity contribution in [3.05, 3.63) is 63.6 Å². The summed E-state index contributed by atoms with van der Waals surface area (Å²) in [7, 11) is -3.77. The maximum absolute atomic E-state index is 13.5. The summed E-state index contributed by atoms with van der Waals surface area (Å²) in [5, 5.41) is 3.57. The summed E-state index contributed by atoms with van der Waals surface area (Å²) >= 11 is 12.2. The van der Waals surface area contributed by atoms with Crippen LogP contribution in [-0.4, -0.2) is 50.0 Å². The normalized spacial score (nSPS) is 13.1. The lowest BCUT2D eigenvalue weighted by Crippen LogP contribution is -2.52. The fourth-order valence-corrected chi connectivity index (χ4v) is 4.38. The molecule has 0 aliphatic carbocycles. The number of hydrogen-bond donors (Lipinski definition) is 1. The van der Waals surface area contributed by atoms with Gasteiger partial charge in [0.05, 0.1) is 22.0 Å². The van der Waals surface area contributed by atoms with Crippen molar-refractivity contribution in [3.8, 4) is 0 Å². The molecule has 2 aromatic carbocycles. The van der Waals surface area contributed by atoms with Crippen molar-refractivity contribution in [1.29, 1.82) is 0 Å². The number of rotatable bonds is 10. The fraction of sp³-hybridized carbons (Fsp3) is 0.417. The fourth-order valence-electron chi connectivity index (χ4n) is 3.21. The van der Waals surface area contributed by atoms with Gasteiger partial charge in [0, 0.05) is 12.6 Å². The molecule has 2 atom stereocenters. The summed E-state index contributed by atoms with van der Waals surface area (Å²) in [6.45, 7) is 6.92. The van der Waals surface area contributed by atoms with Gasteiger partial charge < -0.3 is 10.2 Å². The zero-order valence-electron chi connectivity index (χ0n) is 20.0. The number of benzene rings is 2. The number of halogens is 2. The topological polar surface area (TPSA) is 86.8 Å². The quantitative estimate of drug-likeness (QED) is 0.495. The molecule has 0 saturated carbocycles. The Morgan fingerprint density at radius 2 is 1.65 bits per heavy atom. The summed E-state index contributed by atoms with van der Waals surface area (Å²) in [6, 6.07) is 10.9. The van der Waals surface area contributed by atoms with Crippen LogP contribution in [0.15, 0.2) is 42.5 Å². The average molecular weight is 529 g/mol. The first-order chi connectivity index (χ1) is 15.8. The molecule has 0 aromatic heterocycles. The van der Waals surface area contributed by atoms with E-state index >= 15 is 0 Å². The summed E-state index contributed by atoms with van der Waals surface area (Å²) in [5.41, 5.74) is 1.99. The van der Waals surface area contributed by atoms with Crippen molar-refractivity contribution < 1.29 is 18.0 Å². The van der Waals surface area contributed by atoms with Crippen LogP contribution in [-0.2, 0) is 26.2 Å². The predicted molar refractivity (Wildman–Crippen MR) is 138 cm³/mol. The van der Waals surface area contributed by atoms with E-state index in [-0.39, 0.29) is 18.5 Å². The molecule has 186 valence electrons.